The predicted molar refractivity (Wildman–Crippen MR) is 83.6 cm³/mol. The van der Waals surface area contributed by atoms with Crippen molar-refractivity contribution in [3.8, 4) is 17.6 Å². The lowest BCUT2D eigenvalue weighted by atomic mass is 10.1. The first-order chi connectivity index (χ1) is 10.7. The second kappa shape index (κ2) is 7.48. The van der Waals surface area contributed by atoms with Gasteiger partial charge in [-0.15, -0.1) is 0 Å². The molecule has 1 aromatic heterocycles. The molecule has 0 bridgehead atoms. The summed E-state index contributed by atoms with van der Waals surface area (Å²) >= 11 is 1.28. The van der Waals surface area contributed by atoms with E-state index in [1.807, 2.05) is 6.07 Å². The summed E-state index contributed by atoms with van der Waals surface area (Å²) in [5.74, 6) is 1.24. The lowest BCUT2D eigenvalue weighted by Gasteiger charge is -2.09. The first-order valence-electron chi connectivity index (χ1n) is 6.42. The molecule has 112 valence electrons. The Kier molecular flexibility index (Phi) is 5.39. The van der Waals surface area contributed by atoms with Crippen molar-refractivity contribution in [3.63, 3.8) is 0 Å². The number of carbonyl (C=O) groups excluding carboxylic acids is 1. The Balaban J connectivity index is 2.10. The molecular formula is C16H14N2O3S. The number of Topliss-reactive ketones (excluding diaryl/α,β-unsaturated/α-hetero) is 1. The molecule has 0 amide bonds. The summed E-state index contributed by atoms with van der Waals surface area (Å²) in [6.07, 6.45) is 1.55. The highest BCUT2D eigenvalue weighted by Gasteiger charge is 2.14. The van der Waals surface area contributed by atoms with E-state index in [0.29, 0.717) is 27.7 Å². The normalized spacial score (nSPS) is 9.86. The Morgan fingerprint density at radius 3 is 2.77 bits per heavy atom. The minimum Gasteiger partial charge on any atom is -0.497 e. The van der Waals surface area contributed by atoms with E-state index in [4.69, 9.17) is 14.7 Å². The van der Waals surface area contributed by atoms with Crippen LogP contribution in [0.1, 0.15) is 15.9 Å². The van der Waals surface area contributed by atoms with Crippen molar-refractivity contribution < 1.29 is 14.3 Å². The van der Waals surface area contributed by atoms with Gasteiger partial charge in [0.15, 0.2) is 5.78 Å². The van der Waals surface area contributed by atoms with Gasteiger partial charge in [0.2, 0.25) is 0 Å². The lowest BCUT2D eigenvalue weighted by Crippen LogP contribution is -2.05. The minimum atomic E-state index is -0.0753. The van der Waals surface area contributed by atoms with Gasteiger partial charge in [0.25, 0.3) is 0 Å². The molecule has 0 aliphatic rings. The SMILES string of the molecule is COc1ccc(C(=O)CSc2cc(C#N)ccn2)c(OC)c1. The Bertz CT molecular complexity index is 726. The van der Waals surface area contributed by atoms with Gasteiger partial charge in [-0.1, -0.05) is 11.8 Å². The number of methoxy groups -OCH3 is 2. The van der Waals surface area contributed by atoms with Gasteiger partial charge in [-0.25, -0.2) is 4.98 Å². The van der Waals surface area contributed by atoms with Crippen LogP contribution in [-0.4, -0.2) is 30.7 Å². The molecule has 2 aromatic rings. The monoisotopic (exact) mass is 314 g/mol. The van der Waals surface area contributed by atoms with Crippen LogP contribution >= 0.6 is 11.8 Å². The maximum atomic E-state index is 12.3. The number of rotatable bonds is 6. The van der Waals surface area contributed by atoms with E-state index in [0.717, 1.165) is 0 Å². The first kappa shape index (κ1) is 15.9. The van der Waals surface area contributed by atoms with E-state index < -0.39 is 0 Å². The highest BCUT2D eigenvalue weighted by molar-refractivity contribution is 7.99. The number of hydrogen-bond acceptors (Lipinski definition) is 6. The van der Waals surface area contributed by atoms with Gasteiger partial charge in [0, 0.05) is 12.3 Å². The summed E-state index contributed by atoms with van der Waals surface area (Å²) in [5.41, 5.74) is 1.01. The van der Waals surface area contributed by atoms with Crippen LogP contribution in [0.3, 0.4) is 0 Å². The molecular weight excluding hydrogens is 300 g/mol. The number of hydrogen-bond donors (Lipinski definition) is 0. The topological polar surface area (TPSA) is 72.2 Å². The van der Waals surface area contributed by atoms with E-state index in [-0.39, 0.29) is 11.5 Å². The van der Waals surface area contributed by atoms with Crippen LogP contribution in [0.5, 0.6) is 11.5 Å². The third kappa shape index (κ3) is 3.77. The van der Waals surface area contributed by atoms with E-state index in [1.165, 1.54) is 18.9 Å². The van der Waals surface area contributed by atoms with Gasteiger partial charge in [-0.3, -0.25) is 4.79 Å². The maximum absolute atomic E-state index is 12.3. The largest absolute Gasteiger partial charge is 0.497 e. The number of nitriles is 1. The van der Waals surface area contributed by atoms with E-state index in [1.54, 1.807) is 43.6 Å². The Morgan fingerprint density at radius 1 is 1.27 bits per heavy atom. The van der Waals surface area contributed by atoms with Crippen molar-refractivity contribution in [2.24, 2.45) is 0 Å². The smallest absolute Gasteiger partial charge is 0.176 e. The number of benzene rings is 1. The highest BCUT2D eigenvalue weighted by Crippen LogP contribution is 2.27. The molecule has 2 rings (SSSR count). The third-order valence-corrected chi connectivity index (χ3v) is 3.85. The molecule has 0 aliphatic carbocycles. The Morgan fingerprint density at radius 2 is 2.09 bits per heavy atom. The summed E-state index contributed by atoms with van der Waals surface area (Å²) in [6.45, 7) is 0. The zero-order valence-corrected chi connectivity index (χ0v) is 13.0. The first-order valence-corrected chi connectivity index (χ1v) is 7.40. The number of thioether (sulfide) groups is 1. The number of carbonyl (C=O) groups is 1. The number of ketones is 1. The second-order valence-electron chi connectivity index (χ2n) is 4.27. The Hall–Kier alpha value is -2.52. The molecule has 0 aliphatic heterocycles. The summed E-state index contributed by atoms with van der Waals surface area (Å²) < 4.78 is 10.3. The minimum absolute atomic E-state index is 0.0753. The molecule has 0 N–H and O–H groups in total. The van der Waals surface area contributed by atoms with Gasteiger partial charge >= 0.3 is 0 Å². The summed E-state index contributed by atoms with van der Waals surface area (Å²) in [5, 5.41) is 9.49. The van der Waals surface area contributed by atoms with E-state index >= 15 is 0 Å². The zero-order chi connectivity index (χ0) is 15.9. The highest BCUT2D eigenvalue weighted by atomic mass is 32.2. The van der Waals surface area contributed by atoms with Crippen molar-refractivity contribution in [2.75, 3.05) is 20.0 Å². The number of aromatic nitrogens is 1. The van der Waals surface area contributed by atoms with Crippen LogP contribution < -0.4 is 9.47 Å². The molecule has 0 saturated heterocycles. The molecule has 0 unspecified atom stereocenters. The van der Waals surface area contributed by atoms with Crippen molar-refractivity contribution >= 4 is 17.5 Å². The molecule has 0 saturated carbocycles. The molecule has 0 fully saturated rings. The van der Waals surface area contributed by atoms with Crippen LogP contribution in [-0.2, 0) is 0 Å². The van der Waals surface area contributed by atoms with Crippen molar-refractivity contribution in [1.29, 1.82) is 5.26 Å². The molecule has 1 heterocycles. The Labute approximate surface area is 132 Å². The van der Waals surface area contributed by atoms with Crippen LogP contribution in [0.25, 0.3) is 0 Å². The van der Waals surface area contributed by atoms with Gasteiger partial charge < -0.3 is 9.47 Å². The lowest BCUT2D eigenvalue weighted by molar-refractivity contribution is 0.101. The second-order valence-corrected chi connectivity index (χ2v) is 5.27. The van der Waals surface area contributed by atoms with Crippen LogP contribution in [0.15, 0.2) is 41.6 Å². The van der Waals surface area contributed by atoms with E-state index in [9.17, 15) is 4.79 Å². The average Bonchev–Trinajstić information content (AvgIpc) is 2.59. The fourth-order valence-corrected chi connectivity index (χ4v) is 2.58. The maximum Gasteiger partial charge on any atom is 0.176 e. The predicted octanol–water partition coefficient (Wildman–Crippen LogP) is 2.95. The van der Waals surface area contributed by atoms with Crippen LogP contribution in [0.4, 0.5) is 0 Å². The molecule has 0 radical (unpaired) electrons. The quantitative estimate of drug-likeness (QED) is 0.603. The molecule has 22 heavy (non-hydrogen) atoms. The molecule has 1 aromatic carbocycles. The summed E-state index contributed by atoms with van der Waals surface area (Å²) in [7, 11) is 3.07. The van der Waals surface area contributed by atoms with Gasteiger partial charge in [0.05, 0.1) is 42.2 Å². The van der Waals surface area contributed by atoms with Crippen molar-refractivity contribution in [1.82, 2.24) is 4.98 Å². The van der Waals surface area contributed by atoms with Crippen LogP contribution in [0, 0.1) is 11.3 Å². The molecule has 6 heteroatoms. The molecule has 5 nitrogen and oxygen atoms in total. The fourth-order valence-electron chi connectivity index (χ4n) is 1.80. The standard InChI is InChI=1S/C16H14N2O3S/c1-20-12-3-4-13(15(8-12)21-2)14(19)10-22-16-7-11(9-17)5-6-18-16/h3-8H,10H2,1-2H3. The van der Waals surface area contributed by atoms with Crippen LogP contribution in [0.2, 0.25) is 0 Å². The summed E-state index contributed by atoms with van der Waals surface area (Å²) in [6, 6.07) is 10.4. The van der Waals surface area contributed by atoms with E-state index in [2.05, 4.69) is 4.98 Å². The number of nitrogens with zero attached hydrogens (tertiary/aromatic N) is 2. The average molecular weight is 314 g/mol. The number of pyridine rings is 1. The summed E-state index contributed by atoms with van der Waals surface area (Å²) in [4.78, 5) is 16.4. The molecule has 0 atom stereocenters. The van der Waals surface area contributed by atoms with Crippen molar-refractivity contribution in [3.05, 3.63) is 47.7 Å². The van der Waals surface area contributed by atoms with Gasteiger partial charge in [0.1, 0.15) is 11.5 Å². The van der Waals surface area contributed by atoms with Gasteiger partial charge in [-0.05, 0) is 24.3 Å². The number of ether oxygens (including phenoxy) is 2. The third-order valence-electron chi connectivity index (χ3n) is 2.92. The van der Waals surface area contributed by atoms with Crippen molar-refractivity contribution in [2.45, 2.75) is 5.03 Å². The van der Waals surface area contributed by atoms with Gasteiger partial charge in [-0.2, -0.15) is 5.26 Å². The molecule has 0 spiro atoms. The zero-order valence-electron chi connectivity index (χ0n) is 12.2. The fraction of sp³-hybridized carbons (Fsp3) is 0.188.